The molecule has 8 heteroatoms. The fourth-order valence-electron chi connectivity index (χ4n) is 2.14. The van der Waals surface area contributed by atoms with Crippen LogP contribution in [0.25, 0.3) is 0 Å². The standard InChI is InChI=1S/C17H17N3O5/c1-24-15-9-13(14(20(22)23)10-16(15)25-2)11-18-19-17(21)8-12-6-4-3-5-7-12/h3-7,9-11H,8H2,1-2H3,(H,19,21)/b18-11-. The highest BCUT2D eigenvalue weighted by Gasteiger charge is 2.18. The Morgan fingerprint density at radius 3 is 2.44 bits per heavy atom. The minimum Gasteiger partial charge on any atom is -0.493 e. The number of nitro benzene ring substituents is 1. The number of hydrazone groups is 1. The van der Waals surface area contributed by atoms with Crippen molar-refractivity contribution >= 4 is 17.8 Å². The molecule has 2 aromatic rings. The van der Waals surface area contributed by atoms with Gasteiger partial charge in [-0.05, 0) is 11.6 Å². The van der Waals surface area contributed by atoms with Gasteiger partial charge in [-0.3, -0.25) is 14.9 Å². The summed E-state index contributed by atoms with van der Waals surface area (Å²) in [4.78, 5) is 22.5. The lowest BCUT2D eigenvalue weighted by molar-refractivity contribution is -0.385. The number of amides is 1. The topological polar surface area (TPSA) is 103 Å². The smallest absolute Gasteiger partial charge is 0.282 e. The van der Waals surface area contributed by atoms with Crippen LogP contribution in [0.3, 0.4) is 0 Å². The van der Waals surface area contributed by atoms with Crippen molar-refractivity contribution in [1.29, 1.82) is 0 Å². The molecule has 0 aliphatic rings. The zero-order valence-electron chi connectivity index (χ0n) is 13.8. The molecule has 8 nitrogen and oxygen atoms in total. The van der Waals surface area contributed by atoms with Crippen LogP contribution in [-0.2, 0) is 11.2 Å². The molecule has 0 saturated heterocycles. The van der Waals surface area contributed by atoms with E-state index in [-0.39, 0.29) is 29.3 Å². The van der Waals surface area contributed by atoms with E-state index >= 15 is 0 Å². The molecule has 0 aliphatic heterocycles. The van der Waals surface area contributed by atoms with E-state index in [1.165, 1.54) is 32.6 Å². The van der Waals surface area contributed by atoms with E-state index in [0.29, 0.717) is 5.75 Å². The number of ether oxygens (including phenoxy) is 2. The van der Waals surface area contributed by atoms with Crippen molar-refractivity contribution in [2.45, 2.75) is 6.42 Å². The Kier molecular flexibility index (Phi) is 6.05. The molecule has 2 rings (SSSR count). The van der Waals surface area contributed by atoms with Crippen molar-refractivity contribution < 1.29 is 19.2 Å². The summed E-state index contributed by atoms with van der Waals surface area (Å²) < 4.78 is 10.2. The van der Waals surface area contributed by atoms with Crippen LogP contribution in [0.1, 0.15) is 11.1 Å². The molecule has 0 unspecified atom stereocenters. The van der Waals surface area contributed by atoms with Gasteiger partial charge in [-0.25, -0.2) is 5.43 Å². The van der Waals surface area contributed by atoms with Gasteiger partial charge in [0.15, 0.2) is 11.5 Å². The van der Waals surface area contributed by atoms with E-state index in [1.54, 1.807) is 0 Å². The summed E-state index contributed by atoms with van der Waals surface area (Å²) in [5.41, 5.74) is 3.16. The van der Waals surface area contributed by atoms with Gasteiger partial charge in [-0.1, -0.05) is 30.3 Å². The first kappa shape index (κ1) is 17.9. The van der Waals surface area contributed by atoms with E-state index in [2.05, 4.69) is 10.5 Å². The van der Waals surface area contributed by atoms with E-state index < -0.39 is 4.92 Å². The maximum absolute atomic E-state index is 11.8. The number of carbonyl (C=O) groups is 1. The molecule has 0 spiro atoms. The molecule has 0 atom stereocenters. The van der Waals surface area contributed by atoms with Crippen LogP contribution in [0.4, 0.5) is 5.69 Å². The highest BCUT2D eigenvalue weighted by Crippen LogP contribution is 2.33. The molecule has 0 bridgehead atoms. The fraction of sp³-hybridized carbons (Fsp3) is 0.176. The summed E-state index contributed by atoms with van der Waals surface area (Å²) in [7, 11) is 2.81. The van der Waals surface area contributed by atoms with Gasteiger partial charge in [0.2, 0.25) is 5.91 Å². The lowest BCUT2D eigenvalue weighted by Gasteiger charge is -2.08. The lowest BCUT2D eigenvalue weighted by atomic mass is 10.1. The maximum atomic E-state index is 11.8. The van der Waals surface area contributed by atoms with Gasteiger partial charge in [-0.2, -0.15) is 5.10 Å². The number of methoxy groups -OCH3 is 2. The summed E-state index contributed by atoms with van der Waals surface area (Å²) in [6, 6.07) is 11.8. The Hall–Kier alpha value is -3.42. The van der Waals surface area contributed by atoms with Crippen LogP contribution in [0, 0.1) is 10.1 Å². The first-order chi connectivity index (χ1) is 12.0. The Bertz CT molecular complexity index is 790. The number of benzene rings is 2. The summed E-state index contributed by atoms with van der Waals surface area (Å²) in [6.07, 6.45) is 1.36. The normalized spacial score (nSPS) is 10.5. The Labute approximate surface area is 144 Å². The largest absolute Gasteiger partial charge is 0.493 e. The second kappa shape index (κ2) is 8.44. The first-order valence-corrected chi connectivity index (χ1v) is 7.31. The van der Waals surface area contributed by atoms with Crippen molar-refractivity contribution in [1.82, 2.24) is 5.43 Å². The number of nitrogens with zero attached hydrogens (tertiary/aromatic N) is 2. The first-order valence-electron chi connectivity index (χ1n) is 7.31. The second-order valence-electron chi connectivity index (χ2n) is 4.98. The number of hydrogen-bond donors (Lipinski definition) is 1. The van der Waals surface area contributed by atoms with Crippen molar-refractivity contribution in [3.05, 3.63) is 63.7 Å². The minimum atomic E-state index is -0.560. The van der Waals surface area contributed by atoms with Crippen molar-refractivity contribution in [2.24, 2.45) is 5.10 Å². The average molecular weight is 343 g/mol. The van der Waals surface area contributed by atoms with Crippen LogP contribution >= 0.6 is 0 Å². The monoisotopic (exact) mass is 343 g/mol. The SMILES string of the molecule is COc1cc(/C=N\NC(=O)Cc2ccccc2)c([N+](=O)[O-])cc1OC. The Morgan fingerprint density at radius 1 is 1.20 bits per heavy atom. The van der Waals surface area contributed by atoms with Crippen LogP contribution in [-0.4, -0.2) is 31.3 Å². The molecular weight excluding hydrogens is 326 g/mol. The van der Waals surface area contributed by atoms with E-state index in [1.807, 2.05) is 30.3 Å². The number of carbonyl (C=O) groups excluding carboxylic acids is 1. The Morgan fingerprint density at radius 2 is 1.84 bits per heavy atom. The summed E-state index contributed by atoms with van der Waals surface area (Å²) >= 11 is 0. The molecule has 0 aromatic heterocycles. The van der Waals surface area contributed by atoms with E-state index in [0.717, 1.165) is 5.56 Å². The van der Waals surface area contributed by atoms with Crippen LogP contribution in [0.5, 0.6) is 11.5 Å². The minimum absolute atomic E-state index is 0.159. The molecule has 1 N–H and O–H groups in total. The zero-order valence-corrected chi connectivity index (χ0v) is 13.8. The maximum Gasteiger partial charge on any atom is 0.282 e. The lowest BCUT2D eigenvalue weighted by Crippen LogP contribution is -2.19. The van der Waals surface area contributed by atoms with Crippen LogP contribution in [0.2, 0.25) is 0 Å². The van der Waals surface area contributed by atoms with Crippen molar-refractivity contribution in [3.63, 3.8) is 0 Å². The van der Waals surface area contributed by atoms with Crippen LogP contribution < -0.4 is 14.9 Å². The molecule has 130 valence electrons. The molecule has 0 fully saturated rings. The highest BCUT2D eigenvalue weighted by molar-refractivity contribution is 5.88. The van der Waals surface area contributed by atoms with Gasteiger partial charge in [0.25, 0.3) is 5.69 Å². The zero-order chi connectivity index (χ0) is 18.2. The van der Waals surface area contributed by atoms with Crippen LogP contribution in [0.15, 0.2) is 47.6 Å². The van der Waals surface area contributed by atoms with E-state index in [4.69, 9.17) is 9.47 Å². The molecular formula is C17H17N3O5. The molecule has 2 aromatic carbocycles. The number of rotatable bonds is 7. The molecule has 0 aliphatic carbocycles. The van der Waals surface area contributed by atoms with Crippen molar-refractivity contribution in [2.75, 3.05) is 14.2 Å². The Balaban J connectivity index is 2.14. The predicted octanol–water partition coefficient (Wildman–Crippen LogP) is 2.30. The summed E-state index contributed by atoms with van der Waals surface area (Å²) in [5.74, 6) is 0.232. The van der Waals surface area contributed by atoms with Gasteiger partial charge in [0.05, 0.1) is 43.4 Å². The predicted molar refractivity (Wildman–Crippen MR) is 92.1 cm³/mol. The number of nitrogens with one attached hydrogen (secondary N) is 1. The third-order valence-electron chi connectivity index (χ3n) is 3.33. The number of nitro groups is 1. The second-order valence-corrected chi connectivity index (χ2v) is 4.98. The van der Waals surface area contributed by atoms with Gasteiger partial charge < -0.3 is 9.47 Å². The van der Waals surface area contributed by atoms with Crippen molar-refractivity contribution in [3.8, 4) is 11.5 Å². The molecule has 1 amide bonds. The highest BCUT2D eigenvalue weighted by atomic mass is 16.6. The van der Waals surface area contributed by atoms with Gasteiger partial charge in [-0.15, -0.1) is 0 Å². The molecule has 0 radical (unpaired) electrons. The summed E-state index contributed by atoms with van der Waals surface area (Å²) in [6.45, 7) is 0. The molecule has 25 heavy (non-hydrogen) atoms. The third kappa shape index (κ3) is 4.77. The van der Waals surface area contributed by atoms with Gasteiger partial charge in [0.1, 0.15) is 0 Å². The number of hydrogen-bond acceptors (Lipinski definition) is 6. The van der Waals surface area contributed by atoms with Gasteiger partial charge >= 0.3 is 0 Å². The quantitative estimate of drug-likeness (QED) is 0.472. The molecule has 0 heterocycles. The molecule has 0 saturated carbocycles. The van der Waals surface area contributed by atoms with Gasteiger partial charge in [0, 0.05) is 0 Å². The third-order valence-corrected chi connectivity index (χ3v) is 3.33. The van der Waals surface area contributed by atoms with E-state index in [9.17, 15) is 14.9 Å². The fourth-order valence-corrected chi connectivity index (χ4v) is 2.14. The summed E-state index contributed by atoms with van der Waals surface area (Å²) in [5, 5.41) is 15.0. The average Bonchev–Trinajstić information content (AvgIpc) is 2.61.